The summed E-state index contributed by atoms with van der Waals surface area (Å²) in [6, 6.07) is 10.9. The van der Waals surface area contributed by atoms with Crippen molar-refractivity contribution < 1.29 is 18.3 Å². The fourth-order valence-corrected chi connectivity index (χ4v) is 6.29. The molecule has 0 spiro atoms. The number of hydrogen-bond donors (Lipinski definition) is 1. The highest BCUT2D eigenvalue weighted by atomic mass is 32.2. The first-order chi connectivity index (χ1) is 14.2. The lowest BCUT2D eigenvalue weighted by Crippen LogP contribution is -2.34. The molecule has 0 radical (unpaired) electrons. The molecule has 0 saturated heterocycles. The quantitative estimate of drug-likeness (QED) is 0.617. The molecule has 31 heavy (non-hydrogen) atoms. The largest absolute Gasteiger partial charge is 0.481 e. The molecular weight excluding hydrogens is 408 g/mol. The highest BCUT2D eigenvalue weighted by Crippen LogP contribution is 2.48. The molecule has 0 heterocycles. The van der Waals surface area contributed by atoms with Gasteiger partial charge in [0.05, 0.1) is 17.1 Å². The van der Waals surface area contributed by atoms with Crippen LogP contribution in [0.2, 0.25) is 0 Å². The Bertz CT molecular complexity index is 1090. The minimum absolute atomic E-state index is 0.0246. The Balaban J connectivity index is 2.07. The highest BCUT2D eigenvalue weighted by Gasteiger charge is 2.39. The third-order valence-corrected chi connectivity index (χ3v) is 8.41. The average molecular weight is 443 g/mol. The van der Waals surface area contributed by atoms with Crippen LogP contribution >= 0.6 is 0 Å². The number of benzene rings is 2. The van der Waals surface area contributed by atoms with E-state index in [0.29, 0.717) is 16.0 Å². The maximum Gasteiger partial charge on any atom is 0.307 e. The maximum absolute atomic E-state index is 13.6. The van der Waals surface area contributed by atoms with Gasteiger partial charge in [0.15, 0.2) is 9.84 Å². The molecule has 0 saturated carbocycles. The smallest absolute Gasteiger partial charge is 0.307 e. The van der Waals surface area contributed by atoms with E-state index in [4.69, 9.17) is 5.11 Å². The molecule has 0 aromatic heterocycles. The molecule has 0 amide bonds. The third-order valence-electron chi connectivity index (χ3n) is 6.68. The van der Waals surface area contributed by atoms with Crippen molar-refractivity contribution in [2.75, 3.05) is 0 Å². The van der Waals surface area contributed by atoms with Gasteiger partial charge in [-0.2, -0.15) is 0 Å². The van der Waals surface area contributed by atoms with Crippen LogP contribution in [0.1, 0.15) is 88.1 Å². The van der Waals surface area contributed by atoms with Crippen molar-refractivity contribution >= 4 is 15.8 Å². The van der Waals surface area contributed by atoms with Gasteiger partial charge in [-0.05, 0) is 63.5 Å². The van der Waals surface area contributed by atoms with Crippen molar-refractivity contribution in [2.24, 2.45) is 0 Å². The third kappa shape index (κ3) is 4.87. The van der Waals surface area contributed by atoms with Crippen LogP contribution in [0.5, 0.6) is 0 Å². The van der Waals surface area contributed by atoms with E-state index in [1.807, 2.05) is 19.9 Å². The summed E-state index contributed by atoms with van der Waals surface area (Å²) in [7, 11) is -3.56. The Kier molecular flexibility index (Phi) is 6.13. The number of fused-ring (bicyclic) bond motifs is 1. The fourth-order valence-electron chi connectivity index (χ4n) is 4.56. The topological polar surface area (TPSA) is 71.4 Å². The minimum atomic E-state index is -3.56. The highest BCUT2D eigenvalue weighted by molar-refractivity contribution is 7.90. The number of hydrogen-bond acceptors (Lipinski definition) is 3. The standard InChI is InChI=1S/C26H34O4S/c1-17(2)20-14-21-22(26(5,6)12-11-25(21,3)4)15-23(20)31(29,30)16-19-9-7-18(8-10-19)13-24(27)28/h7-10,14-15,17H,11-13,16H2,1-6H3,(H,27,28). The molecule has 3 rings (SSSR count). The summed E-state index contributed by atoms with van der Waals surface area (Å²) in [4.78, 5) is 11.3. The Morgan fingerprint density at radius 1 is 0.935 bits per heavy atom. The van der Waals surface area contributed by atoms with E-state index in [9.17, 15) is 13.2 Å². The number of carbonyl (C=O) groups is 1. The van der Waals surface area contributed by atoms with Crippen LogP contribution in [0, 0.1) is 0 Å². The fraction of sp³-hybridized carbons (Fsp3) is 0.500. The zero-order valence-electron chi connectivity index (χ0n) is 19.5. The van der Waals surface area contributed by atoms with Gasteiger partial charge >= 0.3 is 5.97 Å². The second-order valence-corrected chi connectivity index (χ2v) is 12.5. The minimum Gasteiger partial charge on any atom is -0.481 e. The van der Waals surface area contributed by atoms with Gasteiger partial charge in [0.1, 0.15) is 0 Å². The molecule has 2 aromatic rings. The molecule has 2 aromatic carbocycles. The summed E-state index contributed by atoms with van der Waals surface area (Å²) in [5, 5.41) is 8.93. The van der Waals surface area contributed by atoms with E-state index >= 15 is 0 Å². The molecule has 4 nitrogen and oxygen atoms in total. The first-order valence-electron chi connectivity index (χ1n) is 10.9. The zero-order chi connectivity index (χ0) is 23.2. The van der Waals surface area contributed by atoms with Gasteiger partial charge in [0.25, 0.3) is 0 Å². The summed E-state index contributed by atoms with van der Waals surface area (Å²) in [5.41, 5.74) is 4.58. The molecule has 1 N–H and O–H groups in total. The van der Waals surface area contributed by atoms with Gasteiger partial charge in [0, 0.05) is 0 Å². The Labute approximate surface area is 186 Å². The first-order valence-corrected chi connectivity index (χ1v) is 12.6. The molecule has 0 unspecified atom stereocenters. The van der Waals surface area contributed by atoms with E-state index < -0.39 is 15.8 Å². The summed E-state index contributed by atoms with van der Waals surface area (Å²) in [6.07, 6.45) is 2.04. The van der Waals surface area contributed by atoms with E-state index in [1.165, 1.54) is 5.56 Å². The van der Waals surface area contributed by atoms with Gasteiger partial charge in [-0.1, -0.05) is 71.9 Å². The number of aliphatic carboxylic acids is 1. The van der Waals surface area contributed by atoms with Crippen LogP contribution in [0.3, 0.4) is 0 Å². The Hall–Kier alpha value is -2.14. The normalized spacial score (nSPS) is 17.4. The molecule has 1 aliphatic carbocycles. The Morgan fingerprint density at radius 2 is 1.42 bits per heavy atom. The van der Waals surface area contributed by atoms with Crippen LogP contribution in [-0.4, -0.2) is 19.5 Å². The predicted octanol–water partition coefficient (Wildman–Crippen LogP) is 5.76. The molecular formula is C26H34O4S. The van der Waals surface area contributed by atoms with Crippen molar-refractivity contribution in [3.8, 4) is 0 Å². The van der Waals surface area contributed by atoms with Crippen molar-refractivity contribution in [2.45, 2.75) is 88.2 Å². The maximum atomic E-state index is 13.6. The number of sulfone groups is 1. The van der Waals surface area contributed by atoms with Crippen LogP contribution in [-0.2, 0) is 37.6 Å². The van der Waals surface area contributed by atoms with Crippen LogP contribution in [0.4, 0.5) is 0 Å². The second-order valence-electron chi connectivity index (χ2n) is 10.5. The second kappa shape index (κ2) is 8.09. The number of carboxylic acid groups (broad SMARTS) is 1. The van der Waals surface area contributed by atoms with E-state index in [1.54, 1.807) is 24.3 Å². The number of carboxylic acids is 1. The van der Waals surface area contributed by atoms with Gasteiger partial charge in [-0.3, -0.25) is 4.79 Å². The predicted molar refractivity (Wildman–Crippen MR) is 124 cm³/mol. The SMILES string of the molecule is CC(C)c1cc2c(cc1S(=O)(=O)Cc1ccc(CC(=O)O)cc1)C(C)(C)CCC2(C)C. The van der Waals surface area contributed by atoms with Crippen LogP contribution in [0.25, 0.3) is 0 Å². The summed E-state index contributed by atoms with van der Waals surface area (Å²) < 4.78 is 27.1. The lowest BCUT2D eigenvalue weighted by molar-refractivity contribution is -0.136. The molecule has 0 aliphatic heterocycles. The van der Waals surface area contributed by atoms with E-state index in [-0.39, 0.29) is 28.9 Å². The Morgan fingerprint density at radius 3 is 1.90 bits per heavy atom. The van der Waals surface area contributed by atoms with Crippen molar-refractivity contribution in [3.63, 3.8) is 0 Å². The molecule has 0 fully saturated rings. The van der Waals surface area contributed by atoms with Gasteiger partial charge in [-0.25, -0.2) is 8.42 Å². The van der Waals surface area contributed by atoms with E-state index in [2.05, 4.69) is 33.8 Å². The van der Waals surface area contributed by atoms with E-state index in [0.717, 1.165) is 24.0 Å². The average Bonchev–Trinajstić information content (AvgIpc) is 2.65. The van der Waals surface area contributed by atoms with Crippen LogP contribution in [0.15, 0.2) is 41.3 Å². The monoisotopic (exact) mass is 442 g/mol. The molecule has 1 aliphatic rings. The van der Waals surface area contributed by atoms with Crippen LogP contribution < -0.4 is 0 Å². The van der Waals surface area contributed by atoms with Gasteiger partial charge < -0.3 is 5.11 Å². The summed E-state index contributed by atoms with van der Waals surface area (Å²) in [5.74, 6) is -0.904. The van der Waals surface area contributed by atoms with Gasteiger partial charge in [0.2, 0.25) is 0 Å². The molecule has 0 bridgehead atoms. The molecule has 168 valence electrons. The first kappa shape index (κ1) is 23.5. The van der Waals surface area contributed by atoms with Crippen molar-refractivity contribution in [3.05, 3.63) is 64.2 Å². The zero-order valence-corrected chi connectivity index (χ0v) is 20.3. The van der Waals surface area contributed by atoms with Gasteiger partial charge in [-0.15, -0.1) is 0 Å². The molecule has 0 atom stereocenters. The summed E-state index contributed by atoms with van der Waals surface area (Å²) in [6.45, 7) is 13.0. The summed E-state index contributed by atoms with van der Waals surface area (Å²) >= 11 is 0. The van der Waals surface area contributed by atoms with Crippen molar-refractivity contribution in [1.82, 2.24) is 0 Å². The number of rotatable bonds is 6. The molecule has 5 heteroatoms. The van der Waals surface area contributed by atoms with Crippen molar-refractivity contribution in [1.29, 1.82) is 0 Å². The lowest BCUT2D eigenvalue weighted by atomic mass is 9.62. The lowest BCUT2D eigenvalue weighted by Gasteiger charge is -2.42.